The number of methoxy groups -OCH3 is 1. The average molecular weight is 586 g/mol. The van der Waals surface area contributed by atoms with E-state index in [0.717, 1.165) is 80.2 Å². The summed E-state index contributed by atoms with van der Waals surface area (Å²) in [5.74, 6) is 0.823. The number of nitrogens with one attached hydrogen (secondary N) is 1. The summed E-state index contributed by atoms with van der Waals surface area (Å²) in [6.45, 7) is 9.45. The van der Waals surface area contributed by atoms with E-state index in [9.17, 15) is 13.2 Å². The van der Waals surface area contributed by atoms with Crippen molar-refractivity contribution >= 4 is 38.5 Å². The molecule has 0 saturated carbocycles. The monoisotopic (exact) mass is 585 g/mol. The van der Waals surface area contributed by atoms with Gasteiger partial charge < -0.3 is 19.3 Å². The molecule has 0 unspecified atom stereocenters. The standard InChI is InChI=1S/C28H39N7O5S/c1-19(2)27-26-23(33-9-6-20(7-10-33)18-39-3)15-21(16-25(36)32-41(4,37)38)30-28(26)35(31-27)22-5-8-29-24(17-22)34-11-13-40-14-12-34/h5,8,15,17,19-20H,6-7,9-14,16,18H2,1-4H3,(H,32,36). The lowest BCUT2D eigenvalue weighted by atomic mass is 9.96. The van der Waals surface area contributed by atoms with Gasteiger partial charge in [-0.1, -0.05) is 13.8 Å². The number of amides is 1. The minimum absolute atomic E-state index is 0.116. The van der Waals surface area contributed by atoms with Crippen LogP contribution in [0.1, 0.15) is 44.0 Å². The van der Waals surface area contributed by atoms with E-state index in [0.29, 0.717) is 30.5 Å². The van der Waals surface area contributed by atoms with Crippen LogP contribution in [0, 0.1) is 5.92 Å². The van der Waals surface area contributed by atoms with Gasteiger partial charge in [0.15, 0.2) is 5.65 Å². The van der Waals surface area contributed by atoms with Crippen LogP contribution in [-0.2, 0) is 30.7 Å². The van der Waals surface area contributed by atoms with Gasteiger partial charge in [-0.05, 0) is 36.8 Å². The van der Waals surface area contributed by atoms with E-state index in [2.05, 4.69) is 33.4 Å². The summed E-state index contributed by atoms with van der Waals surface area (Å²) >= 11 is 0. The number of nitrogens with zero attached hydrogens (tertiary/aromatic N) is 6. The summed E-state index contributed by atoms with van der Waals surface area (Å²) in [6, 6.07) is 5.83. The van der Waals surface area contributed by atoms with Crippen molar-refractivity contribution in [3.05, 3.63) is 35.8 Å². The normalized spacial score (nSPS) is 17.0. The first-order valence-corrected chi connectivity index (χ1v) is 16.0. The third kappa shape index (κ3) is 6.79. The number of hydrogen-bond acceptors (Lipinski definition) is 10. The summed E-state index contributed by atoms with van der Waals surface area (Å²) in [5, 5.41) is 6.01. The van der Waals surface area contributed by atoms with Crippen molar-refractivity contribution in [2.24, 2.45) is 5.92 Å². The van der Waals surface area contributed by atoms with Gasteiger partial charge in [0.05, 0.1) is 54.0 Å². The summed E-state index contributed by atoms with van der Waals surface area (Å²) in [6.07, 6.45) is 4.54. The number of rotatable bonds is 9. The fourth-order valence-electron chi connectivity index (χ4n) is 5.59. The zero-order valence-corrected chi connectivity index (χ0v) is 25.0. The molecule has 5 rings (SSSR count). The first kappa shape index (κ1) is 29.2. The molecule has 1 N–H and O–H groups in total. The number of anilines is 2. The molecule has 0 bridgehead atoms. The summed E-state index contributed by atoms with van der Waals surface area (Å²) in [4.78, 5) is 26.7. The highest BCUT2D eigenvalue weighted by molar-refractivity contribution is 7.89. The molecule has 2 fully saturated rings. The number of hydrogen-bond donors (Lipinski definition) is 1. The van der Waals surface area contributed by atoms with Crippen molar-refractivity contribution in [1.82, 2.24) is 24.5 Å². The highest BCUT2D eigenvalue weighted by atomic mass is 32.2. The van der Waals surface area contributed by atoms with E-state index in [1.165, 1.54) is 0 Å². The van der Waals surface area contributed by atoms with E-state index in [1.807, 2.05) is 22.9 Å². The largest absolute Gasteiger partial charge is 0.384 e. The van der Waals surface area contributed by atoms with Gasteiger partial charge in [-0.2, -0.15) is 5.10 Å². The second-order valence-electron chi connectivity index (χ2n) is 11.1. The number of pyridine rings is 2. The van der Waals surface area contributed by atoms with Crippen molar-refractivity contribution in [2.75, 3.05) is 69.2 Å². The van der Waals surface area contributed by atoms with E-state index in [4.69, 9.17) is 19.6 Å². The summed E-state index contributed by atoms with van der Waals surface area (Å²) in [5.41, 5.74) is 3.80. The molecule has 0 aromatic carbocycles. The lowest BCUT2D eigenvalue weighted by Gasteiger charge is -2.34. The molecule has 3 aromatic heterocycles. The van der Waals surface area contributed by atoms with Gasteiger partial charge in [0.1, 0.15) is 5.82 Å². The van der Waals surface area contributed by atoms with Gasteiger partial charge in [-0.15, -0.1) is 0 Å². The Labute approximate surface area is 241 Å². The highest BCUT2D eigenvalue weighted by Gasteiger charge is 2.27. The van der Waals surface area contributed by atoms with E-state index in [-0.39, 0.29) is 12.3 Å². The Balaban J connectivity index is 1.62. The molecule has 2 aliphatic heterocycles. The number of carbonyl (C=O) groups is 1. The maximum Gasteiger partial charge on any atom is 0.239 e. The van der Waals surface area contributed by atoms with Gasteiger partial charge >= 0.3 is 0 Å². The van der Waals surface area contributed by atoms with Gasteiger partial charge in [-0.3, -0.25) is 9.52 Å². The third-order valence-electron chi connectivity index (χ3n) is 7.55. The van der Waals surface area contributed by atoms with Crippen LogP contribution in [-0.4, -0.2) is 93.4 Å². The quantitative estimate of drug-likeness (QED) is 0.399. The second-order valence-corrected chi connectivity index (χ2v) is 12.9. The minimum Gasteiger partial charge on any atom is -0.384 e. The average Bonchev–Trinajstić information content (AvgIpc) is 3.33. The van der Waals surface area contributed by atoms with Crippen LogP contribution in [0.15, 0.2) is 24.4 Å². The molecule has 3 aromatic rings. The molecule has 13 heteroatoms. The SMILES string of the molecule is COCC1CCN(c2cc(CC(=O)NS(C)(=O)=O)nc3c2c(C(C)C)nn3-c2ccnc(N3CCOCC3)c2)CC1. The lowest BCUT2D eigenvalue weighted by molar-refractivity contribution is -0.118. The molecule has 0 atom stereocenters. The topological polar surface area (TPSA) is 132 Å². The number of fused-ring (bicyclic) bond motifs is 1. The molecule has 5 heterocycles. The van der Waals surface area contributed by atoms with Crippen molar-refractivity contribution in [1.29, 1.82) is 0 Å². The zero-order valence-electron chi connectivity index (χ0n) is 24.2. The van der Waals surface area contributed by atoms with Gasteiger partial charge in [0.25, 0.3) is 0 Å². The van der Waals surface area contributed by atoms with Crippen LogP contribution >= 0.6 is 0 Å². The molecule has 222 valence electrons. The molecule has 0 radical (unpaired) electrons. The van der Waals surface area contributed by atoms with Gasteiger partial charge in [0, 0.05) is 52.2 Å². The number of morpholine rings is 1. The predicted molar refractivity (Wildman–Crippen MR) is 157 cm³/mol. The van der Waals surface area contributed by atoms with Gasteiger partial charge in [0.2, 0.25) is 15.9 Å². The molecule has 2 aliphatic rings. The summed E-state index contributed by atoms with van der Waals surface area (Å²) < 4.78 is 38.2. The molecular formula is C28H39N7O5S. The van der Waals surface area contributed by atoms with E-state index >= 15 is 0 Å². The lowest BCUT2D eigenvalue weighted by Crippen LogP contribution is -2.36. The van der Waals surface area contributed by atoms with Crippen molar-refractivity contribution in [3.8, 4) is 5.69 Å². The van der Waals surface area contributed by atoms with Crippen LogP contribution < -0.4 is 14.5 Å². The summed E-state index contributed by atoms with van der Waals surface area (Å²) in [7, 11) is -1.95. The Hall–Kier alpha value is -3.29. The molecule has 12 nitrogen and oxygen atoms in total. The maximum absolute atomic E-state index is 12.7. The first-order chi connectivity index (χ1) is 19.6. The van der Waals surface area contributed by atoms with Gasteiger partial charge in [-0.25, -0.2) is 23.1 Å². The third-order valence-corrected chi connectivity index (χ3v) is 8.15. The van der Waals surface area contributed by atoms with Crippen LogP contribution in [0.4, 0.5) is 11.5 Å². The van der Waals surface area contributed by atoms with Crippen molar-refractivity contribution in [2.45, 2.75) is 39.0 Å². The molecule has 41 heavy (non-hydrogen) atoms. The Morgan fingerprint density at radius 3 is 2.54 bits per heavy atom. The number of piperidine rings is 1. The predicted octanol–water partition coefficient (Wildman–Crippen LogP) is 2.26. The van der Waals surface area contributed by atoms with Crippen LogP contribution in [0.2, 0.25) is 0 Å². The van der Waals surface area contributed by atoms with E-state index < -0.39 is 15.9 Å². The number of ether oxygens (including phenoxy) is 2. The molecule has 0 aliphatic carbocycles. The van der Waals surface area contributed by atoms with E-state index in [1.54, 1.807) is 13.3 Å². The molecule has 2 saturated heterocycles. The number of sulfonamides is 1. The first-order valence-electron chi connectivity index (χ1n) is 14.1. The van der Waals surface area contributed by atoms with Crippen LogP contribution in [0.25, 0.3) is 16.7 Å². The maximum atomic E-state index is 12.7. The van der Waals surface area contributed by atoms with Crippen LogP contribution in [0.3, 0.4) is 0 Å². The molecule has 0 spiro atoms. The van der Waals surface area contributed by atoms with Crippen molar-refractivity contribution < 1.29 is 22.7 Å². The smallest absolute Gasteiger partial charge is 0.239 e. The minimum atomic E-state index is -3.69. The Morgan fingerprint density at radius 1 is 1.15 bits per heavy atom. The Kier molecular flexibility index (Phi) is 8.76. The highest BCUT2D eigenvalue weighted by Crippen LogP contribution is 2.37. The van der Waals surface area contributed by atoms with Crippen LogP contribution in [0.5, 0.6) is 0 Å². The fourth-order valence-corrected chi connectivity index (χ4v) is 6.07. The molecule has 1 amide bonds. The number of aromatic nitrogens is 4. The molecular weight excluding hydrogens is 546 g/mol. The Morgan fingerprint density at radius 2 is 1.88 bits per heavy atom. The number of carbonyl (C=O) groups excluding carboxylic acids is 1. The fraction of sp³-hybridized carbons (Fsp3) is 0.571. The zero-order chi connectivity index (χ0) is 29.1. The second kappa shape index (κ2) is 12.3. The van der Waals surface area contributed by atoms with Crippen molar-refractivity contribution in [3.63, 3.8) is 0 Å². The Bertz CT molecular complexity index is 1490.